The van der Waals surface area contributed by atoms with Gasteiger partial charge in [0.05, 0.1) is 11.0 Å². The van der Waals surface area contributed by atoms with Gasteiger partial charge in [-0.05, 0) is 204 Å². The number of fused-ring (bicyclic) bond motifs is 19. The van der Waals surface area contributed by atoms with Gasteiger partial charge in [0, 0.05) is 44.4 Å². The molecule has 8 aromatic rings. The Balaban J connectivity index is 0.994. The first kappa shape index (κ1) is 39.3. The average Bonchev–Trinajstić information content (AvgIpc) is 3.93. The van der Waals surface area contributed by atoms with Gasteiger partial charge in [0.1, 0.15) is 0 Å². The van der Waals surface area contributed by atoms with Crippen LogP contribution in [0.3, 0.4) is 0 Å². The van der Waals surface area contributed by atoms with Crippen LogP contribution in [0.4, 0.5) is 17.1 Å². The molecule has 328 valence electrons. The largest absolute Gasteiger partial charge is 0.310 e. The lowest BCUT2D eigenvalue weighted by atomic mass is 9.49. The smallest absolute Gasteiger partial charge is 0.0542 e. The van der Waals surface area contributed by atoms with Crippen LogP contribution in [-0.2, 0) is 10.8 Å². The molecule has 2 spiro atoms. The van der Waals surface area contributed by atoms with Gasteiger partial charge in [0.25, 0.3) is 0 Å². The summed E-state index contributed by atoms with van der Waals surface area (Å²) in [6.45, 7) is 10.2. The first-order chi connectivity index (χ1) is 32.3. The van der Waals surface area contributed by atoms with Crippen molar-refractivity contribution < 1.29 is 0 Å². The lowest BCUT2D eigenvalue weighted by Crippen LogP contribution is -2.49. The Kier molecular flexibility index (Phi) is 8.53. The highest BCUT2D eigenvalue weighted by atomic mass is 15.1. The summed E-state index contributed by atoms with van der Waals surface area (Å²) in [5, 5.41) is 2.56. The van der Waals surface area contributed by atoms with Crippen LogP contribution >= 0.6 is 0 Å². The molecule has 0 amide bonds. The minimum absolute atomic E-state index is 0.0660. The summed E-state index contributed by atoms with van der Waals surface area (Å²) < 4.78 is 2.44. The Morgan fingerprint density at radius 3 is 1.45 bits per heavy atom. The second kappa shape index (κ2) is 14.3. The van der Waals surface area contributed by atoms with Crippen LogP contribution in [-0.4, -0.2) is 4.57 Å². The Morgan fingerprint density at radius 1 is 0.394 bits per heavy atom. The molecule has 1 heterocycles. The molecule has 4 saturated carbocycles. The van der Waals surface area contributed by atoms with E-state index in [1.165, 1.54) is 118 Å². The van der Waals surface area contributed by atoms with E-state index in [1.54, 1.807) is 22.3 Å². The number of nitrogens with zero attached hydrogens (tertiary/aromatic N) is 2. The number of hydrogen-bond acceptors (Lipinski definition) is 1. The summed E-state index contributed by atoms with van der Waals surface area (Å²) in [5.74, 6) is 5.86. The van der Waals surface area contributed by atoms with Crippen LogP contribution in [0.1, 0.15) is 101 Å². The predicted molar refractivity (Wildman–Crippen MR) is 275 cm³/mol. The normalized spacial score (nSPS) is 30.1. The van der Waals surface area contributed by atoms with E-state index in [4.69, 9.17) is 0 Å². The van der Waals surface area contributed by atoms with Crippen molar-refractivity contribution in [1.82, 2.24) is 4.57 Å². The van der Waals surface area contributed by atoms with E-state index in [-0.39, 0.29) is 10.8 Å². The highest BCUT2D eigenvalue weighted by Crippen LogP contribution is 2.67. The van der Waals surface area contributed by atoms with Crippen molar-refractivity contribution in [1.29, 1.82) is 0 Å². The van der Waals surface area contributed by atoms with E-state index in [2.05, 4.69) is 195 Å². The van der Waals surface area contributed by atoms with Crippen LogP contribution in [0.15, 0.2) is 158 Å². The van der Waals surface area contributed by atoms with Gasteiger partial charge in [-0.1, -0.05) is 125 Å². The summed E-state index contributed by atoms with van der Waals surface area (Å²) in [6, 6.07) is 61.7. The van der Waals surface area contributed by atoms with Crippen molar-refractivity contribution in [2.75, 3.05) is 4.90 Å². The van der Waals surface area contributed by atoms with Crippen molar-refractivity contribution >= 4 is 38.9 Å². The number of benzene rings is 7. The van der Waals surface area contributed by atoms with Gasteiger partial charge < -0.3 is 9.47 Å². The topological polar surface area (TPSA) is 8.17 Å². The maximum Gasteiger partial charge on any atom is 0.0542 e. The van der Waals surface area contributed by atoms with Crippen LogP contribution in [0.5, 0.6) is 0 Å². The van der Waals surface area contributed by atoms with Gasteiger partial charge in [-0.2, -0.15) is 0 Å². The van der Waals surface area contributed by atoms with Crippen LogP contribution in [0.2, 0.25) is 0 Å². The number of para-hydroxylation sites is 2. The minimum atomic E-state index is 0.0660. The minimum Gasteiger partial charge on any atom is -0.310 e. The third kappa shape index (κ3) is 5.25. The third-order valence-electron chi connectivity index (χ3n) is 19.0. The van der Waals surface area contributed by atoms with Crippen molar-refractivity contribution in [2.24, 2.45) is 47.3 Å². The summed E-state index contributed by atoms with van der Waals surface area (Å²) in [5.41, 5.74) is 19.6. The third-order valence-corrected chi connectivity index (χ3v) is 19.0. The Morgan fingerprint density at radius 2 is 0.864 bits per heavy atom. The summed E-state index contributed by atoms with van der Waals surface area (Å²) >= 11 is 0. The lowest BCUT2D eigenvalue weighted by molar-refractivity contribution is 0.0425. The van der Waals surface area contributed by atoms with Crippen LogP contribution in [0, 0.1) is 47.3 Å². The van der Waals surface area contributed by atoms with Crippen molar-refractivity contribution in [3.8, 4) is 27.9 Å². The molecule has 7 aromatic carbocycles. The molecular formula is C64H62N2. The van der Waals surface area contributed by atoms with E-state index in [9.17, 15) is 0 Å². The van der Waals surface area contributed by atoms with Gasteiger partial charge in [-0.15, -0.1) is 0 Å². The maximum absolute atomic E-state index is 2.61. The Bertz CT molecular complexity index is 3100. The quantitative estimate of drug-likeness (QED) is 0.171. The number of rotatable bonds is 4. The molecule has 2 nitrogen and oxygen atoms in total. The Labute approximate surface area is 391 Å². The second-order valence-electron chi connectivity index (χ2n) is 22.5. The molecule has 1 aromatic heterocycles. The number of hydrogen-bond donors (Lipinski definition) is 0. The summed E-state index contributed by atoms with van der Waals surface area (Å²) in [6.07, 6.45) is 10.9. The monoisotopic (exact) mass is 858 g/mol. The number of aromatic nitrogens is 1. The van der Waals surface area contributed by atoms with Gasteiger partial charge in [-0.25, -0.2) is 0 Å². The molecule has 10 atom stereocenters. The summed E-state index contributed by atoms with van der Waals surface area (Å²) in [7, 11) is 0. The molecule has 0 aliphatic heterocycles. The zero-order chi connectivity index (χ0) is 44.1. The lowest BCUT2D eigenvalue weighted by Gasteiger charge is -2.54. The highest BCUT2D eigenvalue weighted by molar-refractivity contribution is 6.11. The zero-order valence-electron chi connectivity index (χ0n) is 39.2. The van der Waals surface area contributed by atoms with E-state index < -0.39 is 0 Å². The SMILES string of the molecule is C[C@@H]1CC2C[C@@H](C1)[C@@]1(c3ccccc3-c3cc(N(c4ccc5c(c4)-c4ccccc4[C@]54[C@H]5CC(C[C@@H](C)C5)C[C@@H]4C)c4ccc5c(c4)c4ccccc4n5-c4ccccc4)ccc31)[C@@H](C)C2. The van der Waals surface area contributed by atoms with Crippen LogP contribution < -0.4 is 4.90 Å². The molecule has 4 bridgehead atoms. The van der Waals surface area contributed by atoms with Gasteiger partial charge in [-0.3, -0.25) is 0 Å². The average molecular weight is 859 g/mol. The van der Waals surface area contributed by atoms with E-state index in [0.717, 1.165) is 23.7 Å². The summed E-state index contributed by atoms with van der Waals surface area (Å²) in [4.78, 5) is 2.61. The first-order valence-corrected chi connectivity index (χ1v) is 25.7. The molecule has 0 N–H and O–H groups in total. The fourth-order valence-electron chi connectivity index (χ4n) is 17.1. The second-order valence-corrected chi connectivity index (χ2v) is 22.5. The standard InChI is InChI=1S/C64H62N2/c1-39-28-43-32-41(3)63(45(30-39)34-43)57-19-11-8-16-51(57)54-36-48(22-25-59(54)63)65(50-24-27-62-56(38-50)53-18-10-13-21-61(53)66(62)47-14-6-5-7-15-47)49-23-26-60-55(37-49)52-17-9-12-20-58(52)64(60)42(4)33-44-29-40(2)31-46(64)35-44/h5-27,36-46H,28-35H2,1-4H3/t39-,40-,41+,42+,43?,44?,45-,46-,63-,64+/m1/s1. The maximum atomic E-state index is 2.61. The Hall–Kier alpha value is -5.86. The van der Waals surface area contributed by atoms with Gasteiger partial charge >= 0.3 is 0 Å². The molecule has 0 saturated heterocycles. The fourth-order valence-corrected chi connectivity index (χ4v) is 17.1. The molecule has 4 fully saturated rings. The molecule has 6 aliphatic carbocycles. The fraction of sp³-hybridized carbons (Fsp3) is 0.344. The number of anilines is 3. The molecule has 14 rings (SSSR count). The van der Waals surface area contributed by atoms with E-state index in [0.29, 0.717) is 23.7 Å². The molecule has 2 unspecified atom stereocenters. The van der Waals surface area contributed by atoms with Gasteiger partial charge in [0.15, 0.2) is 0 Å². The molecular weight excluding hydrogens is 797 g/mol. The van der Waals surface area contributed by atoms with E-state index in [1.807, 2.05) is 0 Å². The van der Waals surface area contributed by atoms with Crippen LogP contribution in [0.25, 0.3) is 49.7 Å². The van der Waals surface area contributed by atoms with Crippen molar-refractivity contribution in [2.45, 2.75) is 89.9 Å². The highest BCUT2D eigenvalue weighted by Gasteiger charge is 2.58. The van der Waals surface area contributed by atoms with Gasteiger partial charge in [0.2, 0.25) is 0 Å². The van der Waals surface area contributed by atoms with E-state index >= 15 is 0 Å². The van der Waals surface area contributed by atoms with Crippen molar-refractivity contribution in [3.05, 3.63) is 180 Å². The molecule has 66 heavy (non-hydrogen) atoms. The van der Waals surface area contributed by atoms with Crippen molar-refractivity contribution in [3.63, 3.8) is 0 Å². The molecule has 6 aliphatic rings. The molecule has 2 heteroatoms. The first-order valence-electron chi connectivity index (χ1n) is 25.7. The molecule has 0 radical (unpaired) electrons. The zero-order valence-corrected chi connectivity index (χ0v) is 39.2. The predicted octanol–water partition coefficient (Wildman–Crippen LogP) is 17.0.